The van der Waals surface area contributed by atoms with Gasteiger partial charge in [0, 0.05) is 12.6 Å². The molecule has 0 aliphatic heterocycles. The molecule has 0 aliphatic rings. The van der Waals surface area contributed by atoms with Crippen LogP contribution in [0.1, 0.15) is 18.9 Å². The summed E-state index contributed by atoms with van der Waals surface area (Å²) in [6, 6.07) is 12.9. The van der Waals surface area contributed by atoms with Crippen LogP contribution in [0.3, 0.4) is 0 Å². The smallest absolute Gasteiger partial charge is 0.310 e. The lowest BCUT2D eigenvalue weighted by molar-refractivity contribution is -0.134. The fraction of sp³-hybridized carbons (Fsp3) is 0.167. The average Bonchev–Trinajstić information content (AvgIpc) is 3.02. The van der Waals surface area contributed by atoms with Crippen LogP contribution in [0.25, 0.3) is 10.2 Å². The Morgan fingerprint density at radius 2 is 1.96 bits per heavy atom. The quantitative estimate of drug-likeness (QED) is 0.393. The van der Waals surface area contributed by atoms with E-state index in [1.165, 1.54) is 11.3 Å². The molecule has 24 heavy (non-hydrogen) atoms. The van der Waals surface area contributed by atoms with Gasteiger partial charge < -0.3 is 9.47 Å². The van der Waals surface area contributed by atoms with E-state index in [1.807, 2.05) is 30.3 Å². The Balaban J connectivity index is 1.74. The third-order valence-corrected chi connectivity index (χ3v) is 4.24. The molecule has 0 aliphatic carbocycles. The van der Waals surface area contributed by atoms with Crippen LogP contribution in [0.15, 0.2) is 47.5 Å². The fourth-order valence-electron chi connectivity index (χ4n) is 2.03. The molecular formula is C18H16N2O3S. The zero-order valence-corrected chi connectivity index (χ0v) is 14.2. The molecule has 0 fully saturated rings. The van der Waals surface area contributed by atoms with Crippen molar-refractivity contribution in [2.24, 2.45) is 4.99 Å². The molecule has 0 saturated carbocycles. The number of hydrogen-bond donors (Lipinski definition) is 0. The number of methoxy groups -OCH3 is 1. The molecule has 0 N–H and O–H groups in total. The maximum Gasteiger partial charge on any atom is 0.310 e. The van der Waals surface area contributed by atoms with Gasteiger partial charge >= 0.3 is 5.97 Å². The van der Waals surface area contributed by atoms with Crippen molar-refractivity contribution < 1.29 is 14.3 Å². The first-order valence-electron chi connectivity index (χ1n) is 7.47. The van der Waals surface area contributed by atoms with Crippen molar-refractivity contribution >= 4 is 38.9 Å². The summed E-state index contributed by atoms with van der Waals surface area (Å²) in [6.45, 7) is 1.76. The van der Waals surface area contributed by atoms with E-state index in [9.17, 15) is 4.79 Å². The van der Waals surface area contributed by atoms with Crippen LogP contribution in [0.5, 0.6) is 11.5 Å². The molecule has 122 valence electrons. The van der Waals surface area contributed by atoms with Gasteiger partial charge in [-0.2, -0.15) is 0 Å². The lowest BCUT2D eigenvalue weighted by atomic mass is 10.2. The Labute approximate surface area is 143 Å². The van der Waals surface area contributed by atoms with E-state index in [2.05, 4.69) is 9.98 Å². The molecule has 0 bridgehead atoms. The lowest BCUT2D eigenvalue weighted by Crippen LogP contribution is -2.05. The number of benzene rings is 2. The van der Waals surface area contributed by atoms with E-state index in [0.29, 0.717) is 17.3 Å². The zero-order valence-electron chi connectivity index (χ0n) is 13.4. The molecular weight excluding hydrogens is 324 g/mol. The van der Waals surface area contributed by atoms with Gasteiger partial charge in [-0.3, -0.25) is 4.79 Å². The number of aromatic nitrogens is 1. The molecule has 1 heterocycles. The number of ether oxygens (including phenoxy) is 2. The minimum atomic E-state index is -0.249. The molecule has 0 radical (unpaired) electrons. The number of carbonyl (C=O) groups is 1. The number of carbonyl (C=O) groups excluding carboxylic acids is 1. The van der Waals surface area contributed by atoms with Crippen molar-refractivity contribution in [2.75, 3.05) is 7.11 Å². The van der Waals surface area contributed by atoms with Crippen molar-refractivity contribution in [3.8, 4) is 11.5 Å². The van der Waals surface area contributed by atoms with Crippen LogP contribution < -0.4 is 9.47 Å². The highest BCUT2D eigenvalue weighted by molar-refractivity contribution is 7.22. The van der Waals surface area contributed by atoms with Gasteiger partial charge in [0.1, 0.15) is 11.5 Å². The molecule has 0 unspecified atom stereocenters. The summed E-state index contributed by atoms with van der Waals surface area (Å²) in [5, 5.41) is 0.680. The Morgan fingerprint density at radius 1 is 1.21 bits per heavy atom. The zero-order chi connectivity index (χ0) is 16.9. The normalized spacial score (nSPS) is 11.1. The van der Waals surface area contributed by atoms with E-state index in [-0.39, 0.29) is 5.97 Å². The number of rotatable bonds is 5. The second kappa shape index (κ2) is 7.23. The van der Waals surface area contributed by atoms with Crippen molar-refractivity contribution in [2.45, 2.75) is 13.3 Å². The number of thiazole rings is 1. The van der Waals surface area contributed by atoms with Crippen LogP contribution in [-0.4, -0.2) is 24.3 Å². The van der Waals surface area contributed by atoms with Gasteiger partial charge in [0.05, 0.1) is 17.3 Å². The van der Waals surface area contributed by atoms with Gasteiger partial charge in [0.25, 0.3) is 0 Å². The Hall–Kier alpha value is -2.73. The Kier molecular flexibility index (Phi) is 4.86. The second-order valence-corrected chi connectivity index (χ2v) is 5.99. The number of aliphatic imine (C=N–C) groups is 1. The van der Waals surface area contributed by atoms with Gasteiger partial charge in [-0.25, -0.2) is 9.98 Å². The fourth-order valence-corrected chi connectivity index (χ4v) is 2.87. The predicted molar refractivity (Wildman–Crippen MR) is 95.8 cm³/mol. The highest BCUT2D eigenvalue weighted by Crippen LogP contribution is 2.30. The summed E-state index contributed by atoms with van der Waals surface area (Å²) in [6.07, 6.45) is 2.09. The second-order valence-electron chi connectivity index (χ2n) is 4.98. The van der Waals surface area contributed by atoms with Gasteiger partial charge in [0.2, 0.25) is 5.13 Å². The molecule has 3 aromatic rings. The van der Waals surface area contributed by atoms with E-state index >= 15 is 0 Å². The van der Waals surface area contributed by atoms with Crippen LogP contribution in [-0.2, 0) is 4.79 Å². The van der Waals surface area contributed by atoms with Crippen LogP contribution in [0.4, 0.5) is 5.13 Å². The number of fused-ring (bicyclic) bond motifs is 1. The highest BCUT2D eigenvalue weighted by atomic mass is 32.1. The molecule has 2 aromatic carbocycles. The van der Waals surface area contributed by atoms with E-state index in [4.69, 9.17) is 9.47 Å². The minimum absolute atomic E-state index is 0.249. The third-order valence-electron chi connectivity index (χ3n) is 3.31. The molecule has 3 rings (SSSR count). The summed E-state index contributed by atoms with van der Waals surface area (Å²) >= 11 is 1.50. The SMILES string of the molecule is CCC(=O)Oc1ccc(/C=N/c2nc3ccc(OC)cc3s2)cc1. The Morgan fingerprint density at radius 3 is 2.67 bits per heavy atom. The highest BCUT2D eigenvalue weighted by Gasteiger charge is 2.04. The number of esters is 1. The largest absolute Gasteiger partial charge is 0.497 e. The predicted octanol–water partition coefficient (Wildman–Crippen LogP) is 4.37. The molecule has 0 saturated heterocycles. The molecule has 0 spiro atoms. The summed E-state index contributed by atoms with van der Waals surface area (Å²) in [5.41, 5.74) is 1.80. The maximum atomic E-state index is 11.2. The van der Waals surface area contributed by atoms with E-state index in [0.717, 1.165) is 21.5 Å². The monoisotopic (exact) mass is 340 g/mol. The first kappa shape index (κ1) is 16.1. The van der Waals surface area contributed by atoms with Crippen molar-refractivity contribution in [3.63, 3.8) is 0 Å². The lowest BCUT2D eigenvalue weighted by Gasteiger charge is -2.01. The van der Waals surface area contributed by atoms with Gasteiger partial charge in [0.15, 0.2) is 0 Å². The minimum Gasteiger partial charge on any atom is -0.497 e. The first-order valence-corrected chi connectivity index (χ1v) is 8.29. The molecule has 6 heteroatoms. The number of nitrogens with zero attached hydrogens (tertiary/aromatic N) is 2. The summed E-state index contributed by atoms with van der Waals surface area (Å²) in [7, 11) is 1.64. The average molecular weight is 340 g/mol. The van der Waals surface area contributed by atoms with Gasteiger partial charge in [-0.05, 0) is 48.0 Å². The first-order chi connectivity index (χ1) is 11.7. The van der Waals surface area contributed by atoms with Crippen LogP contribution >= 0.6 is 11.3 Å². The molecule has 0 amide bonds. The maximum absolute atomic E-state index is 11.2. The van der Waals surface area contributed by atoms with Crippen LogP contribution in [0, 0.1) is 0 Å². The number of hydrogen-bond acceptors (Lipinski definition) is 6. The standard InChI is InChI=1S/C18H16N2O3S/c1-3-17(21)23-13-6-4-12(5-7-13)11-19-18-20-15-9-8-14(22-2)10-16(15)24-18/h4-11H,3H2,1-2H3/b19-11+. The summed E-state index contributed by atoms with van der Waals surface area (Å²) in [4.78, 5) is 20.1. The topological polar surface area (TPSA) is 60.8 Å². The van der Waals surface area contributed by atoms with Gasteiger partial charge in [-0.1, -0.05) is 18.3 Å². The summed E-state index contributed by atoms with van der Waals surface area (Å²) in [5.74, 6) is 1.09. The van der Waals surface area contributed by atoms with Gasteiger partial charge in [-0.15, -0.1) is 0 Å². The van der Waals surface area contributed by atoms with Crippen molar-refractivity contribution in [1.29, 1.82) is 0 Å². The summed E-state index contributed by atoms with van der Waals surface area (Å²) < 4.78 is 11.4. The van der Waals surface area contributed by atoms with Crippen molar-refractivity contribution in [1.82, 2.24) is 4.98 Å². The van der Waals surface area contributed by atoms with E-state index in [1.54, 1.807) is 32.4 Å². The third kappa shape index (κ3) is 3.78. The Bertz CT molecular complexity index is 885. The molecule has 5 nitrogen and oxygen atoms in total. The van der Waals surface area contributed by atoms with Crippen LogP contribution in [0.2, 0.25) is 0 Å². The molecule has 1 aromatic heterocycles. The van der Waals surface area contributed by atoms with E-state index < -0.39 is 0 Å². The van der Waals surface area contributed by atoms with Crippen molar-refractivity contribution in [3.05, 3.63) is 48.0 Å². The molecule has 0 atom stereocenters.